The molecule has 5 rings (SSSR count). The van der Waals surface area contributed by atoms with E-state index in [1.165, 1.54) is 23.0 Å². The first-order valence-corrected chi connectivity index (χ1v) is 10.6. The Hall–Kier alpha value is -3.94. The van der Waals surface area contributed by atoms with E-state index in [1.807, 2.05) is 34.8 Å². The fourth-order valence-corrected chi connectivity index (χ4v) is 4.28. The molecule has 4 heterocycles. The van der Waals surface area contributed by atoms with Crippen molar-refractivity contribution in [1.29, 1.82) is 0 Å². The number of aromatic nitrogens is 4. The van der Waals surface area contributed by atoms with E-state index in [2.05, 4.69) is 47.0 Å². The minimum atomic E-state index is -0.0195. The number of carbonyl (C=O) groups is 1. The molecule has 0 bridgehead atoms. The Labute approximate surface area is 186 Å². The van der Waals surface area contributed by atoms with Gasteiger partial charge in [0.25, 0.3) is 0 Å². The quantitative estimate of drug-likeness (QED) is 0.536. The predicted molar refractivity (Wildman–Crippen MR) is 125 cm³/mol. The zero-order chi connectivity index (χ0) is 22.4. The Bertz CT molecular complexity index is 1330. The lowest BCUT2D eigenvalue weighted by Crippen LogP contribution is -2.32. The second-order valence-corrected chi connectivity index (χ2v) is 8.30. The Morgan fingerprint density at radius 2 is 1.91 bits per heavy atom. The Kier molecular flexibility index (Phi) is 4.77. The number of benzene rings is 1. The fraction of sp³-hybridized carbons (Fsp3) is 0.250. The highest BCUT2D eigenvalue weighted by Gasteiger charge is 2.30. The molecule has 0 aliphatic carbocycles. The Morgan fingerprint density at radius 1 is 1.06 bits per heavy atom. The normalized spacial score (nSPS) is 14.0. The first-order chi connectivity index (χ1) is 15.4. The minimum Gasteiger partial charge on any atom is -0.383 e. The van der Waals surface area contributed by atoms with Crippen molar-refractivity contribution in [3.63, 3.8) is 0 Å². The van der Waals surface area contributed by atoms with E-state index in [-0.39, 0.29) is 6.03 Å². The van der Waals surface area contributed by atoms with Crippen LogP contribution in [0.15, 0.2) is 49.1 Å². The van der Waals surface area contributed by atoms with Gasteiger partial charge in [0.05, 0.1) is 5.39 Å². The molecule has 8 nitrogen and oxygen atoms in total. The zero-order valence-corrected chi connectivity index (χ0v) is 18.4. The van der Waals surface area contributed by atoms with E-state index in [0.717, 1.165) is 22.2 Å². The molecule has 0 atom stereocenters. The molecule has 4 aromatic rings. The number of fused-ring (bicyclic) bond motifs is 1. The van der Waals surface area contributed by atoms with Crippen LogP contribution in [-0.4, -0.2) is 43.5 Å². The van der Waals surface area contributed by atoms with Crippen LogP contribution >= 0.6 is 0 Å². The van der Waals surface area contributed by atoms with Crippen LogP contribution in [0.5, 0.6) is 0 Å². The molecule has 0 unspecified atom stereocenters. The molecule has 3 aromatic heterocycles. The molecule has 0 saturated carbocycles. The summed E-state index contributed by atoms with van der Waals surface area (Å²) in [5.74, 6) is 1.08. The summed E-state index contributed by atoms with van der Waals surface area (Å²) in [6, 6.07) is 10.2. The SMILES string of the molecule is Cc1ccc(C)c(CN2CCN(c3ccc(-c4cn(C)c5ncnc(N)c45)cn3)C2=O)c1. The standard InChI is InChI=1S/C24H25N7O/c1-15-4-5-16(2)18(10-15)12-30-8-9-31(24(30)32)20-7-6-17(11-26-20)19-13-29(3)23-21(19)22(25)27-14-28-23/h4-7,10-11,13-14H,8-9,12H2,1-3H3,(H2,25,27,28). The highest BCUT2D eigenvalue weighted by atomic mass is 16.2. The summed E-state index contributed by atoms with van der Waals surface area (Å²) < 4.78 is 1.92. The number of hydrogen-bond donors (Lipinski definition) is 1. The third-order valence-corrected chi connectivity index (χ3v) is 6.08. The summed E-state index contributed by atoms with van der Waals surface area (Å²) >= 11 is 0. The van der Waals surface area contributed by atoms with Crippen LogP contribution in [0.1, 0.15) is 16.7 Å². The molecule has 1 fully saturated rings. The highest BCUT2D eigenvalue weighted by molar-refractivity contribution is 6.00. The lowest BCUT2D eigenvalue weighted by molar-refractivity contribution is 0.218. The molecule has 1 saturated heterocycles. The molecule has 1 aliphatic heterocycles. The molecule has 1 aromatic carbocycles. The predicted octanol–water partition coefficient (Wildman–Crippen LogP) is 3.67. The Balaban J connectivity index is 1.38. The molecule has 0 spiro atoms. The van der Waals surface area contributed by atoms with Gasteiger partial charge in [-0.05, 0) is 37.1 Å². The maximum absolute atomic E-state index is 13.1. The topological polar surface area (TPSA) is 93.2 Å². The third kappa shape index (κ3) is 3.33. The van der Waals surface area contributed by atoms with Crippen LogP contribution < -0.4 is 10.6 Å². The molecule has 8 heteroatoms. The van der Waals surface area contributed by atoms with E-state index in [0.29, 0.717) is 31.3 Å². The van der Waals surface area contributed by atoms with E-state index >= 15 is 0 Å². The third-order valence-electron chi connectivity index (χ3n) is 6.08. The largest absolute Gasteiger partial charge is 0.383 e. The Morgan fingerprint density at radius 3 is 2.69 bits per heavy atom. The van der Waals surface area contributed by atoms with Gasteiger partial charge in [-0.1, -0.05) is 23.8 Å². The number of aryl methyl sites for hydroxylation is 3. The van der Waals surface area contributed by atoms with Gasteiger partial charge < -0.3 is 15.2 Å². The van der Waals surface area contributed by atoms with Gasteiger partial charge in [-0.2, -0.15) is 0 Å². The number of pyridine rings is 1. The fourth-order valence-electron chi connectivity index (χ4n) is 4.28. The van der Waals surface area contributed by atoms with Crippen molar-refractivity contribution in [1.82, 2.24) is 24.4 Å². The number of nitrogens with zero attached hydrogens (tertiary/aromatic N) is 6. The number of hydrogen-bond acceptors (Lipinski definition) is 5. The smallest absolute Gasteiger partial charge is 0.326 e. The van der Waals surface area contributed by atoms with Gasteiger partial charge in [-0.3, -0.25) is 4.90 Å². The number of rotatable bonds is 4. The van der Waals surface area contributed by atoms with Crippen LogP contribution in [0.3, 0.4) is 0 Å². The number of nitrogens with two attached hydrogens (primary N) is 1. The van der Waals surface area contributed by atoms with Crippen molar-refractivity contribution < 1.29 is 4.79 Å². The van der Waals surface area contributed by atoms with Gasteiger partial charge in [0.15, 0.2) is 0 Å². The second-order valence-electron chi connectivity index (χ2n) is 8.30. The van der Waals surface area contributed by atoms with Gasteiger partial charge in [0.1, 0.15) is 23.6 Å². The lowest BCUT2D eigenvalue weighted by Gasteiger charge is -2.19. The van der Waals surface area contributed by atoms with Crippen LogP contribution in [0, 0.1) is 13.8 Å². The van der Waals surface area contributed by atoms with Gasteiger partial charge in [-0.25, -0.2) is 19.7 Å². The van der Waals surface area contributed by atoms with E-state index in [9.17, 15) is 4.79 Å². The summed E-state index contributed by atoms with van der Waals surface area (Å²) in [5.41, 5.74) is 12.3. The van der Waals surface area contributed by atoms with E-state index in [1.54, 1.807) is 11.1 Å². The second kappa shape index (κ2) is 7.64. The first kappa shape index (κ1) is 20.0. The number of amides is 2. The molecule has 2 N–H and O–H groups in total. The van der Waals surface area contributed by atoms with Crippen molar-refractivity contribution in [2.45, 2.75) is 20.4 Å². The molecule has 162 valence electrons. The van der Waals surface area contributed by atoms with Crippen LogP contribution in [0.25, 0.3) is 22.2 Å². The van der Waals surface area contributed by atoms with Crippen molar-refractivity contribution in [3.8, 4) is 11.1 Å². The molecular formula is C24H25N7O. The highest BCUT2D eigenvalue weighted by Crippen LogP contribution is 2.32. The monoisotopic (exact) mass is 427 g/mol. The van der Waals surface area contributed by atoms with Gasteiger partial charge in [0, 0.05) is 50.2 Å². The minimum absolute atomic E-state index is 0.0195. The van der Waals surface area contributed by atoms with Gasteiger partial charge in [-0.15, -0.1) is 0 Å². The number of urea groups is 1. The summed E-state index contributed by atoms with van der Waals surface area (Å²) in [4.78, 5) is 29.7. The number of nitrogen functional groups attached to an aromatic ring is 1. The van der Waals surface area contributed by atoms with Crippen LogP contribution in [0.2, 0.25) is 0 Å². The number of anilines is 2. The zero-order valence-electron chi connectivity index (χ0n) is 18.4. The average molecular weight is 428 g/mol. The van der Waals surface area contributed by atoms with Crippen molar-refractivity contribution in [2.24, 2.45) is 7.05 Å². The maximum atomic E-state index is 13.1. The lowest BCUT2D eigenvalue weighted by atomic mass is 10.1. The summed E-state index contributed by atoms with van der Waals surface area (Å²) in [7, 11) is 1.92. The number of carbonyl (C=O) groups excluding carboxylic acids is 1. The van der Waals surface area contributed by atoms with Gasteiger partial charge in [0.2, 0.25) is 0 Å². The van der Waals surface area contributed by atoms with Crippen molar-refractivity contribution in [3.05, 3.63) is 65.7 Å². The average Bonchev–Trinajstić information content (AvgIpc) is 3.32. The van der Waals surface area contributed by atoms with Gasteiger partial charge >= 0.3 is 6.03 Å². The molecule has 1 aliphatic rings. The van der Waals surface area contributed by atoms with E-state index < -0.39 is 0 Å². The van der Waals surface area contributed by atoms with Crippen LogP contribution in [0.4, 0.5) is 16.4 Å². The molecule has 32 heavy (non-hydrogen) atoms. The summed E-state index contributed by atoms with van der Waals surface area (Å²) in [6.07, 6.45) is 5.21. The first-order valence-electron chi connectivity index (χ1n) is 10.6. The van der Waals surface area contributed by atoms with Crippen molar-refractivity contribution in [2.75, 3.05) is 23.7 Å². The van der Waals surface area contributed by atoms with Crippen molar-refractivity contribution >= 4 is 28.7 Å². The van der Waals surface area contributed by atoms with E-state index in [4.69, 9.17) is 5.73 Å². The molecule has 2 amide bonds. The summed E-state index contributed by atoms with van der Waals surface area (Å²) in [6.45, 7) is 6.05. The molecule has 0 radical (unpaired) electrons. The van der Waals surface area contributed by atoms with Crippen LogP contribution in [-0.2, 0) is 13.6 Å². The summed E-state index contributed by atoms with van der Waals surface area (Å²) in [5, 5.41) is 0.807. The molecular weight excluding hydrogens is 402 g/mol. The maximum Gasteiger partial charge on any atom is 0.326 e.